The summed E-state index contributed by atoms with van der Waals surface area (Å²) in [5, 5.41) is 11.2. The molecule has 0 atom stereocenters. The molecule has 2 aromatic rings. The molecule has 0 amide bonds. The van der Waals surface area contributed by atoms with Crippen LogP contribution in [0.5, 0.6) is 0 Å². The molecule has 3 rings (SSSR count). The Balaban J connectivity index is 1.72. The Labute approximate surface area is 137 Å². The second-order valence-electron chi connectivity index (χ2n) is 5.80. The zero-order valence-corrected chi connectivity index (χ0v) is 13.0. The Bertz CT molecular complexity index is 835. The highest BCUT2D eigenvalue weighted by Gasteiger charge is 2.23. The molecule has 126 valence electrons. The van der Waals surface area contributed by atoms with Crippen LogP contribution in [0.15, 0.2) is 39.9 Å². The Kier molecular flexibility index (Phi) is 4.48. The summed E-state index contributed by atoms with van der Waals surface area (Å²) in [6, 6.07) is 10.0. The molecule has 1 aromatic heterocycles. The first-order valence-corrected chi connectivity index (χ1v) is 7.75. The Morgan fingerprint density at radius 1 is 1.12 bits per heavy atom. The molecule has 0 aliphatic carbocycles. The van der Waals surface area contributed by atoms with Crippen molar-refractivity contribution < 1.29 is 14.8 Å². The van der Waals surface area contributed by atoms with Crippen molar-refractivity contribution in [2.45, 2.75) is 6.54 Å². The highest BCUT2D eigenvalue weighted by atomic mass is 16.4. The van der Waals surface area contributed by atoms with E-state index in [-0.39, 0.29) is 12.1 Å². The summed E-state index contributed by atoms with van der Waals surface area (Å²) < 4.78 is 0. The molecule has 1 saturated heterocycles. The summed E-state index contributed by atoms with van der Waals surface area (Å²) in [5.41, 5.74) is -0.740. The fourth-order valence-electron chi connectivity index (χ4n) is 3.00. The molecule has 8 heteroatoms. The maximum atomic E-state index is 11.9. The van der Waals surface area contributed by atoms with Crippen LogP contribution in [0.4, 0.5) is 5.69 Å². The van der Waals surface area contributed by atoms with Gasteiger partial charge in [-0.1, -0.05) is 18.2 Å². The SMILES string of the molecule is O=C([O-])c1[nH]c(=O)[nH]c(=O)c1C[NH+]1CCN(c2ccccc2)CC1. The number of piperazine rings is 1. The lowest BCUT2D eigenvalue weighted by atomic mass is 10.2. The minimum atomic E-state index is -1.55. The molecule has 8 nitrogen and oxygen atoms in total. The third-order valence-corrected chi connectivity index (χ3v) is 4.26. The van der Waals surface area contributed by atoms with Gasteiger partial charge < -0.3 is 24.7 Å². The minimum Gasteiger partial charge on any atom is -0.543 e. The van der Waals surface area contributed by atoms with Crippen molar-refractivity contribution in [2.24, 2.45) is 0 Å². The summed E-state index contributed by atoms with van der Waals surface area (Å²) in [7, 11) is 0. The number of H-pyrrole nitrogens is 2. The van der Waals surface area contributed by atoms with Crippen LogP contribution in [0, 0.1) is 0 Å². The van der Waals surface area contributed by atoms with E-state index in [9.17, 15) is 19.5 Å². The highest BCUT2D eigenvalue weighted by molar-refractivity contribution is 5.84. The van der Waals surface area contributed by atoms with Crippen LogP contribution in [-0.2, 0) is 6.54 Å². The van der Waals surface area contributed by atoms with E-state index >= 15 is 0 Å². The number of carbonyl (C=O) groups is 1. The first-order chi connectivity index (χ1) is 11.5. The number of nitrogens with zero attached hydrogens (tertiary/aromatic N) is 1. The number of hydrogen-bond donors (Lipinski definition) is 3. The monoisotopic (exact) mass is 330 g/mol. The predicted octanol–water partition coefficient (Wildman–Crippen LogP) is -2.67. The standard InChI is InChI=1S/C16H18N4O4/c21-14-12(13(15(22)23)17-16(24)18-14)10-19-6-8-20(9-7-19)11-4-2-1-3-5-11/h1-5H,6-10H2,(H,22,23)(H2,17,18,21,24). The Morgan fingerprint density at radius 3 is 2.42 bits per heavy atom. The number of carbonyl (C=O) groups excluding carboxylic acids is 1. The molecule has 2 heterocycles. The number of rotatable bonds is 4. The number of anilines is 1. The number of para-hydroxylation sites is 1. The average molecular weight is 330 g/mol. The molecule has 1 aromatic carbocycles. The molecule has 1 fully saturated rings. The first-order valence-electron chi connectivity index (χ1n) is 7.75. The number of nitrogens with one attached hydrogen (secondary N) is 3. The summed E-state index contributed by atoms with van der Waals surface area (Å²) in [6.07, 6.45) is 0. The number of aromatic nitrogens is 2. The first kappa shape index (κ1) is 16.0. The van der Waals surface area contributed by atoms with Crippen molar-refractivity contribution in [1.82, 2.24) is 9.97 Å². The number of carboxylic acids is 1. The van der Waals surface area contributed by atoms with E-state index in [1.807, 2.05) is 30.3 Å². The molecule has 1 aliphatic rings. The van der Waals surface area contributed by atoms with Gasteiger partial charge in [-0.05, 0) is 12.1 Å². The molecule has 0 bridgehead atoms. The molecule has 1 aliphatic heterocycles. The van der Waals surface area contributed by atoms with Crippen LogP contribution >= 0.6 is 0 Å². The number of quaternary nitrogens is 1. The fourth-order valence-corrected chi connectivity index (χ4v) is 3.00. The van der Waals surface area contributed by atoms with Crippen LogP contribution in [0.25, 0.3) is 0 Å². The van der Waals surface area contributed by atoms with E-state index in [1.54, 1.807) is 0 Å². The van der Waals surface area contributed by atoms with Gasteiger partial charge in [0.2, 0.25) is 0 Å². The zero-order valence-electron chi connectivity index (χ0n) is 13.0. The lowest BCUT2D eigenvalue weighted by Gasteiger charge is -2.33. The predicted molar refractivity (Wildman–Crippen MR) is 85.1 cm³/mol. The van der Waals surface area contributed by atoms with E-state index in [0.29, 0.717) is 0 Å². The van der Waals surface area contributed by atoms with E-state index in [0.717, 1.165) is 36.8 Å². The van der Waals surface area contributed by atoms with E-state index < -0.39 is 22.9 Å². The Hall–Kier alpha value is -2.87. The zero-order chi connectivity index (χ0) is 17.1. The van der Waals surface area contributed by atoms with Gasteiger partial charge in [-0.15, -0.1) is 0 Å². The van der Waals surface area contributed by atoms with Gasteiger partial charge in [0.15, 0.2) is 0 Å². The van der Waals surface area contributed by atoms with Gasteiger partial charge in [-0.2, -0.15) is 0 Å². The van der Waals surface area contributed by atoms with Crippen molar-refractivity contribution in [3.05, 3.63) is 62.4 Å². The van der Waals surface area contributed by atoms with Gasteiger partial charge in [0.05, 0.1) is 43.4 Å². The smallest absolute Gasteiger partial charge is 0.326 e. The van der Waals surface area contributed by atoms with Gasteiger partial charge in [-0.25, -0.2) is 4.79 Å². The van der Waals surface area contributed by atoms with Crippen LogP contribution in [-0.4, -0.2) is 42.1 Å². The van der Waals surface area contributed by atoms with Gasteiger partial charge in [0.1, 0.15) is 6.54 Å². The lowest BCUT2D eigenvalue weighted by molar-refractivity contribution is -0.914. The van der Waals surface area contributed by atoms with Crippen molar-refractivity contribution in [3.63, 3.8) is 0 Å². The average Bonchev–Trinajstić information content (AvgIpc) is 2.58. The van der Waals surface area contributed by atoms with Crippen molar-refractivity contribution in [3.8, 4) is 0 Å². The molecule has 0 radical (unpaired) electrons. The van der Waals surface area contributed by atoms with Crippen molar-refractivity contribution >= 4 is 11.7 Å². The molecule has 0 saturated carbocycles. The second-order valence-corrected chi connectivity index (χ2v) is 5.80. The molecule has 0 spiro atoms. The third kappa shape index (κ3) is 3.38. The number of aromatic carboxylic acids is 1. The van der Waals surface area contributed by atoms with Crippen LogP contribution in [0.2, 0.25) is 0 Å². The molecule has 0 unspecified atom stereocenters. The summed E-state index contributed by atoms with van der Waals surface area (Å²) in [5.74, 6) is -1.55. The van der Waals surface area contributed by atoms with Crippen molar-refractivity contribution in [2.75, 3.05) is 31.1 Å². The van der Waals surface area contributed by atoms with Crippen LogP contribution in [0.3, 0.4) is 0 Å². The number of carboxylic acid groups (broad SMARTS) is 1. The number of benzene rings is 1. The number of hydrogen-bond acceptors (Lipinski definition) is 5. The quantitative estimate of drug-likeness (QED) is 0.566. The molecule has 3 N–H and O–H groups in total. The summed E-state index contributed by atoms with van der Waals surface area (Å²) >= 11 is 0. The topological polar surface area (TPSA) is 114 Å². The largest absolute Gasteiger partial charge is 0.543 e. The summed E-state index contributed by atoms with van der Waals surface area (Å²) in [6.45, 7) is 3.38. The van der Waals surface area contributed by atoms with Gasteiger partial charge in [0.25, 0.3) is 5.56 Å². The maximum absolute atomic E-state index is 11.9. The van der Waals surface area contributed by atoms with Gasteiger partial charge in [-0.3, -0.25) is 9.78 Å². The highest BCUT2D eigenvalue weighted by Crippen LogP contribution is 2.12. The van der Waals surface area contributed by atoms with E-state index in [4.69, 9.17) is 0 Å². The minimum absolute atomic E-state index is 0.0535. The maximum Gasteiger partial charge on any atom is 0.326 e. The fraction of sp³-hybridized carbons (Fsp3) is 0.312. The van der Waals surface area contributed by atoms with Gasteiger partial charge in [0, 0.05) is 5.69 Å². The molecular formula is C16H18N4O4. The molecular weight excluding hydrogens is 312 g/mol. The summed E-state index contributed by atoms with van der Waals surface area (Å²) in [4.78, 5) is 41.9. The molecule has 24 heavy (non-hydrogen) atoms. The van der Waals surface area contributed by atoms with Crippen LogP contribution in [0.1, 0.15) is 16.1 Å². The van der Waals surface area contributed by atoms with Crippen LogP contribution < -0.4 is 26.2 Å². The number of aromatic amines is 2. The normalized spacial score (nSPS) is 15.4. The second kappa shape index (κ2) is 6.71. The lowest BCUT2D eigenvalue weighted by Crippen LogP contribution is -3.13. The van der Waals surface area contributed by atoms with Crippen molar-refractivity contribution in [1.29, 1.82) is 0 Å². The Morgan fingerprint density at radius 2 is 1.79 bits per heavy atom. The van der Waals surface area contributed by atoms with E-state index in [1.165, 1.54) is 0 Å². The van der Waals surface area contributed by atoms with E-state index in [2.05, 4.69) is 14.9 Å². The van der Waals surface area contributed by atoms with Gasteiger partial charge >= 0.3 is 5.69 Å². The third-order valence-electron chi connectivity index (χ3n) is 4.26.